The van der Waals surface area contributed by atoms with E-state index in [4.69, 9.17) is 0 Å². The number of rotatable bonds is 6. The lowest BCUT2D eigenvalue weighted by Gasteiger charge is -2.20. The summed E-state index contributed by atoms with van der Waals surface area (Å²) in [5.41, 5.74) is 3.96. The largest absolute Gasteiger partial charge is 0.372 e. The van der Waals surface area contributed by atoms with E-state index < -0.39 is 11.6 Å². The SMILES string of the molecule is C=Cc1ccc(C)c(NCN(C)Cc2cc(F)c(F)c(P)c2)c1. The number of benzene rings is 2. The van der Waals surface area contributed by atoms with Crippen molar-refractivity contribution in [2.45, 2.75) is 13.5 Å². The monoisotopic (exact) mass is 334 g/mol. The number of anilines is 1. The molecule has 0 aliphatic heterocycles. The van der Waals surface area contributed by atoms with E-state index in [1.54, 1.807) is 12.1 Å². The topological polar surface area (TPSA) is 15.3 Å². The molecule has 1 unspecified atom stereocenters. The smallest absolute Gasteiger partial charge is 0.165 e. The van der Waals surface area contributed by atoms with Crippen molar-refractivity contribution in [1.82, 2.24) is 4.90 Å². The Morgan fingerprint density at radius 1 is 1.26 bits per heavy atom. The highest BCUT2D eigenvalue weighted by Crippen LogP contribution is 2.18. The molecule has 0 saturated heterocycles. The van der Waals surface area contributed by atoms with Gasteiger partial charge in [-0.15, -0.1) is 9.24 Å². The lowest BCUT2D eigenvalue weighted by atomic mass is 10.1. The first kappa shape index (κ1) is 17.6. The molecule has 1 atom stereocenters. The highest BCUT2D eigenvalue weighted by Gasteiger charge is 2.09. The second-order valence-electron chi connectivity index (χ2n) is 5.61. The first-order valence-corrected chi connectivity index (χ1v) is 7.87. The van der Waals surface area contributed by atoms with Crippen LogP contribution < -0.4 is 10.6 Å². The molecule has 0 saturated carbocycles. The molecule has 0 aliphatic carbocycles. The zero-order valence-electron chi connectivity index (χ0n) is 13.4. The first-order valence-electron chi connectivity index (χ1n) is 7.29. The van der Waals surface area contributed by atoms with Crippen LogP contribution in [0, 0.1) is 18.6 Å². The molecule has 5 heteroatoms. The van der Waals surface area contributed by atoms with E-state index in [1.807, 2.05) is 37.1 Å². The van der Waals surface area contributed by atoms with Crippen molar-refractivity contribution in [2.75, 3.05) is 19.0 Å². The van der Waals surface area contributed by atoms with Gasteiger partial charge < -0.3 is 5.32 Å². The summed E-state index contributed by atoms with van der Waals surface area (Å²) in [5, 5.41) is 3.60. The van der Waals surface area contributed by atoms with Gasteiger partial charge in [-0.3, -0.25) is 4.90 Å². The minimum absolute atomic E-state index is 0.246. The molecular weight excluding hydrogens is 313 g/mol. The summed E-state index contributed by atoms with van der Waals surface area (Å²) in [6.45, 7) is 6.91. The van der Waals surface area contributed by atoms with E-state index in [2.05, 4.69) is 21.1 Å². The van der Waals surface area contributed by atoms with Crippen LogP contribution >= 0.6 is 9.24 Å². The third-order valence-corrected chi connectivity index (χ3v) is 4.03. The second kappa shape index (κ2) is 7.67. The van der Waals surface area contributed by atoms with Crippen LogP contribution in [-0.2, 0) is 6.54 Å². The van der Waals surface area contributed by atoms with E-state index in [9.17, 15) is 8.78 Å². The van der Waals surface area contributed by atoms with Gasteiger partial charge in [0.05, 0.1) is 6.67 Å². The summed E-state index contributed by atoms with van der Waals surface area (Å²) < 4.78 is 26.7. The fourth-order valence-electron chi connectivity index (χ4n) is 2.30. The number of aryl methyl sites for hydroxylation is 1. The van der Waals surface area contributed by atoms with Gasteiger partial charge in [-0.25, -0.2) is 8.78 Å². The quantitative estimate of drug-likeness (QED) is 0.636. The maximum absolute atomic E-state index is 13.4. The number of hydrogen-bond donors (Lipinski definition) is 1. The van der Waals surface area contributed by atoms with Crippen LogP contribution in [0.15, 0.2) is 36.9 Å². The van der Waals surface area contributed by atoms with Gasteiger partial charge in [-0.2, -0.15) is 0 Å². The van der Waals surface area contributed by atoms with E-state index >= 15 is 0 Å². The number of hydrogen-bond acceptors (Lipinski definition) is 2. The fourth-order valence-corrected chi connectivity index (χ4v) is 2.66. The van der Waals surface area contributed by atoms with Gasteiger partial charge in [0.1, 0.15) is 0 Å². The third kappa shape index (κ3) is 4.60. The normalized spacial score (nSPS) is 10.9. The molecule has 0 bridgehead atoms. The molecule has 0 aliphatic rings. The Morgan fingerprint density at radius 3 is 2.65 bits per heavy atom. The molecule has 0 aromatic heterocycles. The van der Waals surface area contributed by atoms with Crippen molar-refractivity contribution in [3.63, 3.8) is 0 Å². The number of nitrogens with zero attached hydrogens (tertiary/aromatic N) is 1. The van der Waals surface area contributed by atoms with Crippen molar-refractivity contribution in [2.24, 2.45) is 0 Å². The molecule has 2 aromatic rings. The minimum Gasteiger partial charge on any atom is -0.372 e. The molecule has 2 rings (SSSR count). The summed E-state index contributed by atoms with van der Waals surface area (Å²) in [4.78, 5) is 2.00. The van der Waals surface area contributed by atoms with Crippen LogP contribution in [0.2, 0.25) is 0 Å². The molecule has 2 nitrogen and oxygen atoms in total. The lowest BCUT2D eigenvalue weighted by Crippen LogP contribution is -2.25. The number of nitrogens with one attached hydrogen (secondary N) is 1. The highest BCUT2D eigenvalue weighted by molar-refractivity contribution is 7.27. The standard InChI is InChI=1S/C18H21F2N2P/c1-4-13-6-5-12(2)16(8-13)21-11-22(3)10-14-7-15(19)18(20)17(23)9-14/h4-9,21H,1,10-11,23H2,2-3H3. The highest BCUT2D eigenvalue weighted by atomic mass is 31.0. The van der Waals surface area contributed by atoms with Crippen LogP contribution in [-0.4, -0.2) is 18.6 Å². The molecule has 0 heterocycles. The van der Waals surface area contributed by atoms with Crippen molar-refractivity contribution in [1.29, 1.82) is 0 Å². The zero-order valence-corrected chi connectivity index (χ0v) is 14.5. The van der Waals surface area contributed by atoms with Crippen LogP contribution in [0.1, 0.15) is 16.7 Å². The van der Waals surface area contributed by atoms with Gasteiger partial charge in [-0.05, 0) is 48.9 Å². The van der Waals surface area contributed by atoms with Gasteiger partial charge in [0.15, 0.2) is 11.6 Å². The zero-order chi connectivity index (χ0) is 17.0. The number of halogens is 2. The summed E-state index contributed by atoms with van der Waals surface area (Å²) >= 11 is 0. The van der Waals surface area contributed by atoms with Crippen molar-refractivity contribution >= 4 is 26.3 Å². The van der Waals surface area contributed by atoms with Crippen molar-refractivity contribution < 1.29 is 8.78 Å². The van der Waals surface area contributed by atoms with Crippen LogP contribution in [0.3, 0.4) is 0 Å². The molecule has 0 spiro atoms. The third-order valence-electron chi connectivity index (χ3n) is 3.61. The predicted octanol–water partition coefficient (Wildman–Crippen LogP) is 3.92. The Bertz CT molecular complexity index is 693. The Balaban J connectivity index is 2.00. The molecule has 0 amide bonds. The second-order valence-corrected chi connectivity index (χ2v) is 6.23. The Kier molecular flexibility index (Phi) is 5.86. The predicted molar refractivity (Wildman–Crippen MR) is 96.9 cm³/mol. The maximum atomic E-state index is 13.4. The molecule has 0 radical (unpaired) electrons. The van der Waals surface area contributed by atoms with Gasteiger partial charge in [0.25, 0.3) is 0 Å². The van der Waals surface area contributed by atoms with Gasteiger partial charge >= 0.3 is 0 Å². The van der Waals surface area contributed by atoms with Crippen molar-refractivity contribution in [3.8, 4) is 0 Å². The van der Waals surface area contributed by atoms with E-state index in [0.717, 1.165) is 22.4 Å². The average molecular weight is 334 g/mol. The molecular formula is C18H21F2N2P. The first-order chi connectivity index (χ1) is 10.9. The average Bonchev–Trinajstić information content (AvgIpc) is 2.51. The van der Waals surface area contributed by atoms with E-state index in [-0.39, 0.29) is 5.30 Å². The Labute approximate surface area is 138 Å². The molecule has 23 heavy (non-hydrogen) atoms. The van der Waals surface area contributed by atoms with Crippen LogP contribution in [0.5, 0.6) is 0 Å². The molecule has 2 aromatic carbocycles. The van der Waals surface area contributed by atoms with Gasteiger partial charge in [0.2, 0.25) is 0 Å². The van der Waals surface area contributed by atoms with E-state index in [1.165, 1.54) is 6.07 Å². The summed E-state index contributed by atoms with van der Waals surface area (Å²) in [6, 6.07) is 8.97. The summed E-state index contributed by atoms with van der Waals surface area (Å²) in [7, 11) is 4.14. The fraction of sp³-hybridized carbons (Fsp3) is 0.222. The summed E-state index contributed by atoms with van der Waals surface area (Å²) in [5.74, 6) is -1.63. The van der Waals surface area contributed by atoms with Gasteiger partial charge in [0, 0.05) is 17.5 Å². The van der Waals surface area contributed by atoms with Crippen LogP contribution in [0.25, 0.3) is 6.08 Å². The minimum atomic E-state index is -0.816. The van der Waals surface area contributed by atoms with E-state index in [0.29, 0.717) is 13.2 Å². The Hall–Kier alpha value is -1.77. The van der Waals surface area contributed by atoms with Gasteiger partial charge in [-0.1, -0.05) is 24.8 Å². The lowest BCUT2D eigenvalue weighted by molar-refractivity contribution is 0.350. The molecule has 0 fully saturated rings. The molecule has 1 N–H and O–H groups in total. The van der Waals surface area contributed by atoms with Crippen molar-refractivity contribution in [3.05, 3.63) is 65.2 Å². The Morgan fingerprint density at radius 2 is 2.00 bits per heavy atom. The maximum Gasteiger partial charge on any atom is 0.165 e. The molecule has 122 valence electrons. The summed E-state index contributed by atoms with van der Waals surface area (Å²) in [6.07, 6.45) is 1.80. The van der Waals surface area contributed by atoms with Crippen LogP contribution in [0.4, 0.5) is 14.5 Å².